The van der Waals surface area contributed by atoms with Gasteiger partial charge in [0.05, 0.1) is 17.1 Å². The minimum absolute atomic E-state index is 0.391. The molecule has 0 spiro atoms. The molecule has 0 aromatic carbocycles. The Kier molecular flexibility index (Phi) is 8.54. The smallest absolute Gasteiger partial charge is 0.408 e. The molecule has 1 rings (SSSR count). The Morgan fingerprint density at radius 1 is 1.21 bits per heavy atom. The zero-order valence-electron chi connectivity index (χ0n) is 15.8. The maximum Gasteiger partial charge on any atom is 0.408 e. The molecule has 0 atom stereocenters. The Morgan fingerprint density at radius 3 is 2.21 bits per heavy atom. The van der Waals surface area contributed by atoms with Crippen LogP contribution < -0.4 is 5.32 Å². The molecule has 0 fully saturated rings. The summed E-state index contributed by atoms with van der Waals surface area (Å²) in [6.45, 7) is 13.5. The molecule has 0 aliphatic heterocycles. The van der Waals surface area contributed by atoms with Crippen molar-refractivity contribution in [2.24, 2.45) is 0 Å². The van der Waals surface area contributed by atoms with Crippen LogP contribution >= 0.6 is 15.9 Å². The van der Waals surface area contributed by atoms with Crippen LogP contribution in [0, 0.1) is 0 Å². The average molecular weight is 405 g/mol. The van der Waals surface area contributed by atoms with E-state index in [-0.39, 0.29) is 0 Å². The molecule has 0 aliphatic rings. The highest BCUT2D eigenvalue weighted by Gasteiger charge is 2.27. The van der Waals surface area contributed by atoms with Crippen LogP contribution in [0.3, 0.4) is 0 Å². The number of carbonyl (C=O) groups is 2. The minimum atomic E-state index is -0.608. The van der Waals surface area contributed by atoms with E-state index < -0.39 is 23.2 Å². The van der Waals surface area contributed by atoms with Gasteiger partial charge in [0.25, 0.3) is 0 Å². The van der Waals surface area contributed by atoms with Gasteiger partial charge in [-0.25, -0.2) is 9.59 Å². The second-order valence-electron chi connectivity index (χ2n) is 6.64. The van der Waals surface area contributed by atoms with Crippen LogP contribution in [-0.4, -0.2) is 34.9 Å². The van der Waals surface area contributed by atoms with Gasteiger partial charge in [-0.05, 0) is 56.6 Å². The third kappa shape index (κ3) is 7.38. The molecule has 1 N–H and O–H groups in total. The Bertz CT molecular complexity index is 559. The Balaban J connectivity index is 0.00000254. The summed E-state index contributed by atoms with van der Waals surface area (Å²) in [6.07, 6.45) is 1.26. The third-order valence-electron chi connectivity index (χ3n) is 2.70. The summed E-state index contributed by atoms with van der Waals surface area (Å²) in [6, 6.07) is 1.76. The molecule has 1 aromatic heterocycles. The zero-order valence-corrected chi connectivity index (χ0v) is 17.4. The fourth-order valence-corrected chi connectivity index (χ4v) is 2.44. The van der Waals surface area contributed by atoms with Gasteiger partial charge in [0.15, 0.2) is 0 Å². The predicted octanol–water partition coefficient (Wildman–Crippen LogP) is 4.37. The van der Waals surface area contributed by atoms with Crippen molar-refractivity contribution in [1.29, 1.82) is 0 Å². The van der Waals surface area contributed by atoms with E-state index in [0.717, 1.165) is 0 Å². The molecule has 24 heavy (non-hydrogen) atoms. The van der Waals surface area contributed by atoms with Crippen LogP contribution in [0.1, 0.15) is 59.0 Å². The van der Waals surface area contributed by atoms with Crippen LogP contribution in [0.2, 0.25) is 0 Å². The average Bonchev–Trinajstić information content (AvgIpc) is 2.77. The number of alkyl carbamates (subject to hydrolysis) is 1. The molecular weight excluding hydrogens is 376 g/mol. The van der Waals surface area contributed by atoms with Crippen molar-refractivity contribution < 1.29 is 19.1 Å². The van der Waals surface area contributed by atoms with Crippen LogP contribution in [0.15, 0.2) is 16.7 Å². The molecule has 6 nitrogen and oxygen atoms in total. The summed E-state index contributed by atoms with van der Waals surface area (Å²) in [5.41, 5.74) is -0.765. The predicted molar refractivity (Wildman–Crippen MR) is 98.3 cm³/mol. The topological polar surface area (TPSA) is 69.6 Å². The second kappa shape index (κ2) is 9.11. The molecule has 1 amide bonds. The van der Waals surface area contributed by atoms with E-state index in [1.54, 1.807) is 37.6 Å². The SMILES string of the molecule is CC.COC(=O)c1c(Br)ccn1CC(C)(C)NC(=O)OC(C)(C)C. The van der Waals surface area contributed by atoms with Gasteiger partial charge < -0.3 is 19.4 Å². The van der Waals surface area contributed by atoms with Crippen LogP contribution in [0.5, 0.6) is 0 Å². The number of esters is 1. The monoisotopic (exact) mass is 404 g/mol. The highest BCUT2D eigenvalue weighted by Crippen LogP contribution is 2.21. The van der Waals surface area contributed by atoms with E-state index in [9.17, 15) is 9.59 Å². The van der Waals surface area contributed by atoms with Crippen molar-refractivity contribution in [3.05, 3.63) is 22.4 Å². The summed E-state index contributed by atoms with van der Waals surface area (Å²) in [4.78, 5) is 23.7. The van der Waals surface area contributed by atoms with Crippen molar-refractivity contribution in [1.82, 2.24) is 9.88 Å². The fourth-order valence-electron chi connectivity index (χ4n) is 1.93. The fraction of sp³-hybridized carbons (Fsp3) is 0.647. The summed E-state index contributed by atoms with van der Waals surface area (Å²) in [5, 5.41) is 2.81. The van der Waals surface area contributed by atoms with Gasteiger partial charge in [0.1, 0.15) is 11.3 Å². The molecule has 0 bridgehead atoms. The summed E-state index contributed by atoms with van der Waals surface area (Å²) < 4.78 is 12.4. The van der Waals surface area contributed by atoms with E-state index >= 15 is 0 Å². The van der Waals surface area contributed by atoms with E-state index in [4.69, 9.17) is 9.47 Å². The standard InChI is InChI=1S/C15H23BrN2O4.C2H6/c1-14(2,3)22-13(20)17-15(4,5)9-18-8-7-10(16)11(18)12(19)21-6;1-2/h7-8H,9H2,1-6H3,(H,17,20);1-2H3. The molecular formula is C17H29BrN2O4. The van der Waals surface area contributed by atoms with E-state index in [0.29, 0.717) is 16.7 Å². The number of carbonyl (C=O) groups excluding carboxylic acids is 2. The van der Waals surface area contributed by atoms with Crippen LogP contribution in [0.4, 0.5) is 4.79 Å². The number of aromatic nitrogens is 1. The van der Waals surface area contributed by atoms with Gasteiger partial charge >= 0.3 is 12.1 Å². The van der Waals surface area contributed by atoms with Crippen LogP contribution in [0.25, 0.3) is 0 Å². The Morgan fingerprint density at radius 2 is 1.75 bits per heavy atom. The number of hydrogen-bond donors (Lipinski definition) is 1. The molecule has 0 saturated heterocycles. The van der Waals surface area contributed by atoms with Crippen molar-refractivity contribution >= 4 is 28.0 Å². The van der Waals surface area contributed by atoms with Gasteiger partial charge in [0, 0.05) is 12.7 Å². The Labute approximate surface area is 153 Å². The number of rotatable bonds is 4. The van der Waals surface area contributed by atoms with Crippen molar-refractivity contribution in [3.63, 3.8) is 0 Å². The zero-order chi connectivity index (χ0) is 19.1. The summed E-state index contributed by atoms with van der Waals surface area (Å²) in [5.74, 6) is -0.440. The first kappa shape index (κ1) is 22.5. The first-order valence-electron chi connectivity index (χ1n) is 7.89. The van der Waals surface area contributed by atoms with Gasteiger partial charge in [-0.15, -0.1) is 0 Å². The minimum Gasteiger partial charge on any atom is -0.464 e. The first-order chi connectivity index (χ1) is 10.9. The number of methoxy groups -OCH3 is 1. The molecule has 0 unspecified atom stereocenters. The normalized spacial score (nSPS) is 11.2. The molecule has 1 heterocycles. The Hall–Kier alpha value is -1.50. The van der Waals surface area contributed by atoms with Gasteiger partial charge in [-0.2, -0.15) is 0 Å². The molecule has 0 saturated carbocycles. The second-order valence-corrected chi connectivity index (χ2v) is 7.50. The van der Waals surface area contributed by atoms with E-state index in [2.05, 4.69) is 21.2 Å². The lowest BCUT2D eigenvalue weighted by atomic mass is 10.1. The lowest BCUT2D eigenvalue weighted by molar-refractivity contribution is 0.0463. The molecule has 138 valence electrons. The van der Waals surface area contributed by atoms with E-state index in [1.165, 1.54) is 7.11 Å². The third-order valence-corrected chi connectivity index (χ3v) is 3.34. The molecule has 7 heteroatoms. The number of nitrogens with one attached hydrogen (secondary N) is 1. The number of hydrogen-bond acceptors (Lipinski definition) is 4. The summed E-state index contributed by atoms with van der Waals surface area (Å²) in [7, 11) is 1.33. The summed E-state index contributed by atoms with van der Waals surface area (Å²) >= 11 is 3.32. The quantitative estimate of drug-likeness (QED) is 0.756. The van der Waals surface area contributed by atoms with Gasteiger partial charge in [0.2, 0.25) is 0 Å². The maximum atomic E-state index is 11.9. The number of amides is 1. The van der Waals surface area contributed by atoms with E-state index in [1.807, 2.05) is 27.7 Å². The van der Waals surface area contributed by atoms with Crippen molar-refractivity contribution in [3.8, 4) is 0 Å². The maximum absolute atomic E-state index is 11.9. The largest absolute Gasteiger partial charge is 0.464 e. The lowest BCUT2D eigenvalue weighted by Gasteiger charge is -2.29. The van der Waals surface area contributed by atoms with Gasteiger partial charge in [-0.1, -0.05) is 13.8 Å². The van der Waals surface area contributed by atoms with Gasteiger partial charge in [-0.3, -0.25) is 0 Å². The molecule has 0 radical (unpaired) electrons. The van der Waals surface area contributed by atoms with Crippen molar-refractivity contribution in [2.75, 3.05) is 7.11 Å². The number of halogens is 1. The lowest BCUT2D eigenvalue weighted by Crippen LogP contribution is -2.48. The molecule has 1 aromatic rings. The van der Waals surface area contributed by atoms with Crippen molar-refractivity contribution in [2.45, 2.75) is 66.2 Å². The number of ether oxygens (including phenoxy) is 2. The highest BCUT2D eigenvalue weighted by molar-refractivity contribution is 9.10. The van der Waals surface area contributed by atoms with Crippen LogP contribution in [-0.2, 0) is 16.0 Å². The first-order valence-corrected chi connectivity index (χ1v) is 8.68. The molecule has 0 aliphatic carbocycles. The highest BCUT2D eigenvalue weighted by atomic mass is 79.9. The number of nitrogens with zero attached hydrogens (tertiary/aromatic N) is 1.